The van der Waals surface area contributed by atoms with E-state index in [1.54, 1.807) is 19.1 Å². The largest absolute Gasteiger partial charge is 0.463 e. The van der Waals surface area contributed by atoms with Crippen molar-refractivity contribution in [2.45, 2.75) is 13.5 Å². The van der Waals surface area contributed by atoms with Crippen LogP contribution < -0.4 is 10.1 Å². The molecule has 1 aromatic rings. The van der Waals surface area contributed by atoms with Crippen LogP contribution in [0.3, 0.4) is 0 Å². The van der Waals surface area contributed by atoms with Crippen molar-refractivity contribution >= 4 is 11.7 Å². The second-order valence-corrected chi connectivity index (χ2v) is 3.58. The maximum absolute atomic E-state index is 11.9. The topological polar surface area (TPSA) is 47.6 Å². The Bertz CT molecular complexity index is 432. The average Bonchev–Trinajstić information content (AvgIpc) is 2.37. The lowest BCUT2D eigenvalue weighted by Gasteiger charge is -2.09. The molecule has 0 radical (unpaired) electrons. The number of carbonyl (C=O) groups excluding carboxylic acids is 1. The number of carbonyl (C=O) groups is 1. The van der Waals surface area contributed by atoms with Gasteiger partial charge in [-0.1, -0.05) is 6.58 Å². The lowest BCUT2D eigenvalue weighted by Crippen LogP contribution is -2.14. The maximum atomic E-state index is 11.9. The summed E-state index contributed by atoms with van der Waals surface area (Å²) in [6.45, 7) is 2.95. The molecule has 0 heterocycles. The van der Waals surface area contributed by atoms with Crippen molar-refractivity contribution < 1.29 is 23.0 Å². The Hall–Kier alpha value is -2.11. The van der Waals surface area contributed by atoms with Gasteiger partial charge < -0.3 is 14.8 Å². The Morgan fingerprint density at radius 2 is 2.00 bits per heavy atom. The van der Waals surface area contributed by atoms with E-state index in [0.29, 0.717) is 5.69 Å². The third-order valence-electron chi connectivity index (χ3n) is 2.15. The van der Waals surface area contributed by atoms with Gasteiger partial charge in [0.2, 0.25) is 0 Å². The highest BCUT2D eigenvalue weighted by Gasteiger charge is 2.07. The van der Waals surface area contributed by atoms with Gasteiger partial charge in [-0.2, -0.15) is 8.78 Å². The van der Waals surface area contributed by atoms with Crippen molar-refractivity contribution in [1.82, 2.24) is 0 Å². The fraction of sp³-hybridized carbons (Fsp3) is 0.308. The van der Waals surface area contributed by atoms with Crippen LogP contribution in [0.1, 0.15) is 6.92 Å². The summed E-state index contributed by atoms with van der Waals surface area (Å²) in [5.41, 5.74) is 0.946. The van der Waals surface area contributed by atoms with Gasteiger partial charge in [0.05, 0.1) is 6.61 Å². The Morgan fingerprint density at radius 1 is 1.37 bits per heavy atom. The first-order valence-corrected chi connectivity index (χ1v) is 5.66. The molecule has 0 fully saturated rings. The standard InChI is InChI=1S/C13H15F2NO3/c1-3-18-12(17)9(2)8-16-10-4-6-11(7-5-10)19-13(14)15/h4-7,13,16H,2-3,8H2,1H3. The average molecular weight is 271 g/mol. The molecule has 0 atom stereocenters. The number of nitrogens with one attached hydrogen (secondary N) is 1. The van der Waals surface area contributed by atoms with E-state index in [1.165, 1.54) is 12.1 Å². The molecule has 0 aliphatic rings. The van der Waals surface area contributed by atoms with Crippen LogP contribution in [0.4, 0.5) is 14.5 Å². The highest BCUT2D eigenvalue weighted by atomic mass is 19.3. The molecule has 19 heavy (non-hydrogen) atoms. The van der Waals surface area contributed by atoms with Gasteiger partial charge in [-0.25, -0.2) is 4.79 Å². The van der Waals surface area contributed by atoms with Gasteiger partial charge >= 0.3 is 12.6 Å². The van der Waals surface area contributed by atoms with Crippen LogP contribution >= 0.6 is 0 Å². The van der Waals surface area contributed by atoms with E-state index >= 15 is 0 Å². The van der Waals surface area contributed by atoms with Gasteiger partial charge in [-0.15, -0.1) is 0 Å². The van der Waals surface area contributed by atoms with E-state index < -0.39 is 12.6 Å². The molecule has 0 spiro atoms. The number of rotatable bonds is 7. The monoisotopic (exact) mass is 271 g/mol. The number of halogens is 2. The van der Waals surface area contributed by atoms with E-state index in [-0.39, 0.29) is 24.5 Å². The Kier molecular flexibility index (Phi) is 5.78. The van der Waals surface area contributed by atoms with Crippen LogP contribution in [-0.4, -0.2) is 25.7 Å². The normalized spacial score (nSPS) is 10.1. The summed E-state index contributed by atoms with van der Waals surface area (Å²) in [7, 11) is 0. The molecule has 4 nitrogen and oxygen atoms in total. The molecule has 0 saturated heterocycles. The predicted molar refractivity (Wildman–Crippen MR) is 67.3 cm³/mol. The Labute approximate surface area is 110 Å². The number of ether oxygens (including phenoxy) is 2. The minimum Gasteiger partial charge on any atom is -0.463 e. The van der Waals surface area contributed by atoms with Crippen molar-refractivity contribution in [3.63, 3.8) is 0 Å². The van der Waals surface area contributed by atoms with E-state index in [2.05, 4.69) is 16.6 Å². The van der Waals surface area contributed by atoms with Crippen LogP contribution in [0, 0.1) is 0 Å². The van der Waals surface area contributed by atoms with E-state index in [9.17, 15) is 13.6 Å². The first-order chi connectivity index (χ1) is 9.02. The van der Waals surface area contributed by atoms with E-state index in [4.69, 9.17) is 4.74 Å². The highest BCUT2D eigenvalue weighted by molar-refractivity contribution is 5.88. The summed E-state index contributed by atoms with van der Waals surface area (Å²) < 4.78 is 32.9. The van der Waals surface area contributed by atoms with Crippen molar-refractivity contribution in [1.29, 1.82) is 0 Å². The summed E-state index contributed by atoms with van der Waals surface area (Å²) in [4.78, 5) is 11.3. The van der Waals surface area contributed by atoms with E-state index in [0.717, 1.165) is 0 Å². The maximum Gasteiger partial charge on any atom is 0.387 e. The number of esters is 1. The van der Waals surface area contributed by atoms with Crippen LogP contribution in [0.15, 0.2) is 36.4 Å². The lowest BCUT2D eigenvalue weighted by atomic mass is 10.2. The zero-order valence-electron chi connectivity index (χ0n) is 10.5. The fourth-order valence-corrected chi connectivity index (χ4v) is 1.27. The van der Waals surface area contributed by atoms with Crippen LogP contribution in [0.5, 0.6) is 5.75 Å². The SMILES string of the molecule is C=C(CNc1ccc(OC(F)F)cc1)C(=O)OCC. The van der Waals surface area contributed by atoms with Crippen molar-refractivity contribution in [3.8, 4) is 5.75 Å². The van der Waals surface area contributed by atoms with Gasteiger partial charge in [-0.3, -0.25) is 0 Å². The zero-order valence-corrected chi connectivity index (χ0v) is 10.5. The highest BCUT2D eigenvalue weighted by Crippen LogP contribution is 2.17. The van der Waals surface area contributed by atoms with Gasteiger partial charge in [0.1, 0.15) is 5.75 Å². The molecule has 0 aliphatic heterocycles. The molecule has 0 aromatic heterocycles. The number of hydrogen-bond donors (Lipinski definition) is 1. The molecular formula is C13H15F2NO3. The van der Waals surface area contributed by atoms with Crippen molar-refractivity contribution in [2.24, 2.45) is 0 Å². The third kappa shape index (κ3) is 5.37. The molecule has 1 N–H and O–H groups in total. The number of hydrogen-bond acceptors (Lipinski definition) is 4. The van der Waals surface area contributed by atoms with Gasteiger partial charge in [0.15, 0.2) is 0 Å². The fourth-order valence-electron chi connectivity index (χ4n) is 1.27. The lowest BCUT2D eigenvalue weighted by molar-refractivity contribution is -0.138. The van der Waals surface area contributed by atoms with Gasteiger partial charge in [0, 0.05) is 17.8 Å². The summed E-state index contributed by atoms with van der Waals surface area (Å²) in [6, 6.07) is 5.94. The second-order valence-electron chi connectivity index (χ2n) is 3.58. The first-order valence-electron chi connectivity index (χ1n) is 5.66. The van der Waals surface area contributed by atoms with Crippen LogP contribution in [0.2, 0.25) is 0 Å². The van der Waals surface area contributed by atoms with Crippen LogP contribution in [0.25, 0.3) is 0 Å². The minimum absolute atomic E-state index is 0.0739. The minimum atomic E-state index is -2.84. The Balaban J connectivity index is 2.45. The second kappa shape index (κ2) is 7.35. The summed E-state index contributed by atoms with van der Waals surface area (Å²) >= 11 is 0. The number of alkyl halides is 2. The van der Waals surface area contributed by atoms with Crippen molar-refractivity contribution in [3.05, 3.63) is 36.4 Å². The Morgan fingerprint density at radius 3 is 2.53 bits per heavy atom. The smallest absolute Gasteiger partial charge is 0.387 e. The molecule has 0 bridgehead atoms. The molecule has 6 heteroatoms. The number of anilines is 1. The summed E-state index contributed by atoms with van der Waals surface area (Å²) in [5, 5.41) is 2.92. The third-order valence-corrected chi connectivity index (χ3v) is 2.15. The zero-order chi connectivity index (χ0) is 14.3. The predicted octanol–water partition coefficient (Wildman–Crippen LogP) is 2.82. The van der Waals surface area contributed by atoms with Crippen molar-refractivity contribution in [2.75, 3.05) is 18.5 Å². The van der Waals surface area contributed by atoms with Gasteiger partial charge in [0.25, 0.3) is 0 Å². The van der Waals surface area contributed by atoms with Crippen LogP contribution in [-0.2, 0) is 9.53 Å². The molecule has 0 amide bonds. The molecule has 0 unspecified atom stereocenters. The molecule has 1 rings (SSSR count). The van der Waals surface area contributed by atoms with E-state index in [1.807, 2.05) is 0 Å². The van der Waals surface area contributed by atoms with Gasteiger partial charge in [-0.05, 0) is 31.2 Å². The number of benzene rings is 1. The molecular weight excluding hydrogens is 256 g/mol. The first kappa shape index (κ1) is 14.9. The molecule has 0 aliphatic carbocycles. The molecule has 1 aromatic carbocycles. The molecule has 0 saturated carbocycles. The quantitative estimate of drug-likeness (QED) is 0.612. The summed E-state index contributed by atoms with van der Waals surface area (Å²) in [6.07, 6.45) is 0. The molecule has 104 valence electrons. The summed E-state index contributed by atoms with van der Waals surface area (Å²) in [5.74, 6) is -0.391.